The van der Waals surface area contributed by atoms with E-state index in [2.05, 4.69) is 5.32 Å². The first kappa shape index (κ1) is 20.0. The third-order valence-corrected chi connectivity index (χ3v) is 6.74. The lowest BCUT2D eigenvalue weighted by Crippen LogP contribution is -2.13. The van der Waals surface area contributed by atoms with Crippen LogP contribution in [0.3, 0.4) is 0 Å². The quantitative estimate of drug-likeness (QED) is 0.566. The summed E-state index contributed by atoms with van der Waals surface area (Å²) in [6.07, 6.45) is 3.93. The van der Waals surface area contributed by atoms with E-state index in [0.29, 0.717) is 12.4 Å². The van der Waals surface area contributed by atoms with Gasteiger partial charge in [-0.25, -0.2) is 14.8 Å². The molecule has 1 unspecified atom stereocenters. The molecule has 1 atom stereocenters. The van der Waals surface area contributed by atoms with Gasteiger partial charge in [-0.1, -0.05) is 6.07 Å². The summed E-state index contributed by atoms with van der Waals surface area (Å²) < 4.78 is 16.3. The van der Waals surface area contributed by atoms with Gasteiger partial charge in [0, 0.05) is 11.4 Å². The van der Waals surface area contributed by atoms with Gasteiger partial charge in [0.25, 0.3) is 0 Å². The average Bonchev–Trinajstić information content (AvgIpc) is 3.39. The molecule has 3 aromatic rings. The summed E-state index contributed by atoms with van der Waals surface area (Å²) >= 11 is 1.71. The first-order chi connectivity index (χ1) is 15.1. The number of nitrogens with one attached hydrogen (secondary N) is 1. The van der Waals surface area contributed by atoms with Gasteiger partial charge in [0.1, 0.15) is 23.4 Å². The Bertz CT molecular complexity index is 1150. The number of hydrogen-bond acceptors (Lipinski definition) is 8. The van der Waals surface area contributed by atoms with Gasteiger partial charge in [-0.2, -0.15) is 0 Å². The molecule has 162 valence electrons. The highest BCUT2D eigenvalue weighted by molar-refractivity contribution is 7.19. The van der Waals surface area contributed by atoms with Crippen molar-refractivity contribution < 1.29 is 24.1 Å². The normalized spacial score (nSPS) is 15.6. The molecule has 0 fully saturated rings. The van der Waals surface area contributed by atoms with Crippen LogP contribution in [0.1, 0.15) is 47.7 Å². The van der Waals surface area contributed by atoms with Crippen molar-refractivity contribution in [1.29, 1.82) is 0 Å². The second-order valence-corrected chi connectivity index (χ2v) is 8.79. The van der Waals surface area contributed by atoms with Crippen LogP contribution in [0.2, 0.25) is 0 Å². The molecule has 1 aromatic carbocycles. The van der Waals surface area contributed by atoms with Gasteiger partial charge < -0.3 is 24.6 Å². The molecule has 0 amide bonds. The van der Waals surface area contributed by atoms with Crippen molar-refractivity contribution in [1.82, 2.24) is 9.97 Å². The molecule has 2 aliphatic rings. The van der Waals surface area contributed by atoms with E-state index in [1.807, 2.05) is 18.2 Å². The number of nitrogens with zero attached hydrogens (tertiary/aromatic N) is 2. The number of aliphatic carboxylic acids is 1. The molecular formula is C22H23N3O5S. The van der Waals surface area contributed by atoms with Gasteiger partial charge in [-0.05, 0) is 55.9 Å². The predicted octanol–water partition coefficient (Wildman–Crippen LogP) is 4.07. The molecule has 1 aliphatic carbocycles. The predicted molar refractivity (Wildman–Crippen MR) is 116 cm³/mol. The number of hydrogen-bond donors (Lipinski definition) is 2. The Balaban J connectivity index is 1.48. The van der Waals surface area contributed by atoms with Crippen LogP contribution >= 0.6 is 11.3 Å². The van der Waals surface area contributed by atoms with Crippen molar-refractivity contribution in [3.05, 3.63) is 40.0 Å². The molecule has 31 heavy (non-hydrogen) atoms. The molecule has 0 radical (unpaired) electrons. The fourth-order valence-electron chi connectivity index (χ4n) is 3.99. The highest BCUT2D eigenvalue weighted by Crippen LogP contribution is 2.39. The summed E-state index contributed by atoms with van der Waals surface area (Å²) in [4.78, 5) is 22.7. The van der Waals surface area contributed by atoms with E-state index < -0.39 is 12.1 Å². The second-order valence-electron chi connectivity index (χ2n) is 7.71. The third-order valence-electron chi connectivity index (χ3n) is 5.55. The highest BCUT2D eigenvalue weighted by Gasteiger charge is 2.23. The number of aryl methyl sites for hydroxylation is 2. The minimum absolute atomic E-state index is 0.247. The van der Waals surface area contributed by atoms with Crippen LogP contribution in [0.25, 0.3) is 10.2 Å². The van der Waals surface area contributed by atoms with E-state index in [1.165, 1.54) is 23.3 Å². The Morgan fingerprint density at radius 2 is 2.10 bits per heavy atom. The molecule has 0 spiro atoms. The van der Waals surface area contributed by atoms with Crippen molar-refractivity contribution in [3.63, 3.8) is 0 Å². The molecule has 0 saturated heterocycles. The number of carboxylic acids is 1. The molecule has 2 aromatic heterocycles. The smallest absolute Gasteiger partial charge is 0.329 e. The van der Waals surface area contributed by atoms with Crippen molar-refractivity contribution in [2.24, 2.45) is 0 Å². The lowest BCUT2D eigenvalue weighted by molar-refractivity contribution is -0.144. The van der Waals surface area contributed by atoms with Gasteiger partial charge in [-0.15, -0.1) is 11.3 Å². The zero-order chi connectivity index (χ0) is 21.4. The maximum Gasteiger partial charge on any atom is 0.329 e. The largest absolute Gasteiger partial charge is 0.480 e. The van der Waals surface area contributed by atoms with Crippen molar-refractivity contribution >= 4 is 33.3 Å². The minimum Gasteiger partial charge on any atom is -0.480 e. The number of carboxylic acid groups (broad SMARTS) is 1. The van der Waals surface area contributed by atoms with E-state index in [4.69, 9.17) is 29.3 Å². The molecule has 1 aliphatic heterocycles. The van der Waals surface area contributed by atoms with Gasteiger partial charge in [0.2, 0.25) is 6.79 Å². The van der Waals surface area contributed by atoms with Crippen LogP contribution in [0.4, 0.5) is 5.82 Å². The van der Waals surface area contributed by atoms with Crippen molar-refractivity contribution in [2.45, 2.75) is 45.3 Å². The number of aromatic nitrogens is 2. The summed E-state index contributed by atoms with van der Waals surface area (Å²) in [5.74, 6) is 1.74. The summed E-state index contributed by atoms with van der Waals surface area (Å²) in [5, 5.41) is 13.5. The average molecular weight is 442 g/mol. The Hall–Kier alpha value is -2.91. The molecule has 0 bridgehead atoms. The summed E-state index contributed by atoms with van der Waals surface area (Å²) in [7, 11) is 0. The van der Waals surface area contributed by atoms with E-state index in [-0.39, 0.29) is 13.4 Å². The highest BCUT2D eigenvalue weighted by atomic mass is 32.1. The van der Waals surface area contributed by atoms with Crippen LogP contribution < -0.4 is 14.8 Å². The number of ether oxygens (including phenoxy) is 3. The number of rotatable bonds is 7. The fourth-order valence-corrected chi connectivity index (χ4v) is 5.26. The number of carbonyl (C=O) groups is 1. The number of thiophene rings is 1. The molecule has 9 heteroatoms. The minimum atomic E-state index is -1.01. The van der Waals surface area contributed by atoms with Crippen LogP contribution in [-0.2, 0) is 28.9 Å². The lowest BCUT2D eigenvalue weighted by Gasteiger charge is -2.15. The summed E-state index contributed by atoms with van der Waals surface area (Å²) in [6.45, 7) is 2.21. The Kier molecular flexibility index (Phi) is 5.37. The molecule has 3 heterocycles. The number of fused-ring (bicyclic) bond motifs is 4. The zero-order valence-electron chi connectivity index (χ0n) is 17.1. The topological polar surface area (TPSA) is 103 Å². The maximum atomic E-state index is 10.9. The molecule has 0 saturated carbocycles. The monoisotopic (exact) mass is 441 g/mol. The lowest BCUT2D eigenvalue weighted by atomic mass is 9.97. The Morgan fingerprint density at radius 3 is 2.97 bits per heavy atom. The van der Waals surface area contributed by atoms with Gasteiger partial charge in [0.05, 0.1) is 5.39 Å². The summed E-state index contributed by atoms with van der Waals surface area (Å²) in [5.41, 5.74) is 2.39. The second kappa shape index (κ2) is 8.32. The van der Waals surface area contributed by atoms with Gasteiger partial charge in [-0.3, -0.25) is 0 Å². The van der Waals surface area contributed by atoms with Crippen LogP contribution in [0.15, 0.2) is 18.2 Å². The zero-order valence-corrected chi connectivity index (χ0v) is 18.0. The Morgan fingerprint density at radius 1 is 1.26 bits per heavy atom. The number of anilines is 1. The fraction of sp³-hybridized carbons (Fsp3) is 0.409. The molecule has 2 N–H and O–H groups in total. The molecule has 5 rings (SSSR count). The van der Waals surface area contributed by atoms with Crippen molar-refractivity contribution in [3.8, 4) is 11.5 Å². The van der Waals surface area contributed by atoms with E-state index in [9.17, 15) is 4.79 Å². The number of benzene rings is 1. The molecule has 8 nitrogen and oxygen atoms in total. The van der Waals surface area contributed by atoms with Crippen molar-refractivity contribution in [2.75, 3.05) is 18.7 Å². The van der Waals surface area contributed by atoms with E-state index in [1.54, 1.807) is 18.3 Å². The molecular weight excluding hydrogens is 418 g/mol. The van der Waals surface area contributed by atoms with Gasteiger partial charge in [0.15, 0.2) is 17.3 Å². The first-order valence-corrected chi connectivity index (χ1v) is 11.2. The van der Waals surface area contributed by atoms with Gasteiger partial charge >= 0.3 is 5.97 Å². The van der Waals surface area contributed by atoms with E-state index in [0.717, 1.165) is 45.9 Å². The van der Waals surface area contributed by atoms with Crippen LogP contribution in [0.5, 0.6) is 11.5 Å². The summed E-state index contributed by atoms with van der Waals surface area (Å²) in [6, 6.07) is 5.88. The van der Waals surface area contributed by atoms with E-state index >= 15 is 0 Å². The standard InChI is InChI=1S/C22H23N3O5S/c1-12(28-10-18(26)27)20-24-21(19-14-4-2-3-5-17(14)31-22(19)25-20)23-9-13-6-7-15-16(8-13)30-11-29-15/h6-8,12H,2-5,9-11H2,1H3,(H,26,27)(H,23,24,25). The first-order valence-electron chi connectivity index (χ1n) is 10.4. The van der Waals surface area contributed by atoms with Crippen LogP contribution in [-0.4, -0.2) is 34.4 Å². The SMILES string of the molecule is CC(OCC(=O)O)c1nc(NCc2ccc3c(c2)OCO3)c2c3c(sc2n1)CCCC3. The third kappa shape index (κ3) is 4.03. The Labute approximate surface area is 183 Å². The maximum absolute atomic E-state index is 10.9. The van der Waals surface area contributed by atoms with Crippen LogP contribution in [0, 0.1) is 0 Å².